The van der Waals surface area contributed by atoms with Crippen molar-refractivity contribution < 1.29 is 0 Å². The molecule has 21 heavy (non-hydrogen) atoms. The molecule has 1 heteroatoms. The van der Waals surface area contributed by atoms with Gasteiger partial charge in [-0.15, -0.1) is 0 Å². The molecule has 0 fully saturated rings. The summed E-state index contributed by atoms with van der Waals surface area (Å²) in [6, 6.07) is 9.29. The fourth-order valence-electron chi connectivity index (χ4n) is 3.29. The number of nitrogens with one attached hydrogen (secondary N) is 1. The summed E-state index contributed by atoms with van der Waals surface area (Å²) in [5, 5.41) is 3.53. The van der Waals surface area contributed by atoms with Crippen LogP contribution < -0.4 is 5.32 Å². The molecule has 0 aliphatic carbocycles. The van der Waals surface area contributed by atoms with E-state index in [1.807, 2.05) is 0 Å². The summed E-state index contributed by atoms with van der Waals surface area (Å²) in [4.78, 5) is 0. The Hall–Kier alpha value is -1.60. The maximum atomic E-state index is 3.53. The molecule has 0 aliphatic heterocycles. The van der Waals surface area contributed by atoms with Crippen molar-refractivity contribution in [2.45, 2.75) is 47.6 Å². The van der Waals surface area contributed by atoms with Crippen molar-refractivity contribution in [2.75, 3.05) is 7.05 Å². The lowest BCUT2D eigenvalue weighted by Crippen LogP contribution is -2.21. The number of rotatable bonds is 3. The van der Waals surface area contributed by atoms with E-state index in [1.54, 1.807) is 0 Å². The highest BCUT2D eigenvalue weighted by molar-refractivity contribution is 5.50. The van der Waals surface area contributed by atoms with Crippen LogP contribution in [0.3, 0.4) is 0 Å². The van der Waals surface area contributed by atoms with E-state index >= 15 is 0 Å². The Labute approximate surface area is 129 Å². The zero-order valence-corrected chi connectivity index (χ0v) is 14.4. The van der Waals surface area contributed by atoms with E-state index < -0.39 is 0 Å². The van der Waals surface area contributed by atoms with Crippen LogP contribution >= 0.6 is 0 Å². The van der Waals surface area contributed by atoms with Crippen LogP contribution in [0.25, 0.3) is 0 Å². The third-order valence-corrected chi connectivity index (χ3v) is 4.74. The Morgan fingerprint density at radius 2 is 1.33 bits per heavy atom. The molecule has 1 N–H and O–H groups in total. The van der Waals surface area contributed by atoms with Gasteiger partial charge in [-0.2, -0.15) is 0 Å². The summed E-state index contributed by atoms with van der Waals surface area (Å²) in [7, 11) is 2.06. The van der Waals surface area contributed by atoms with Gasteiger partial charge < -0.3 is 5.32 Å². The summed E-state index contributed by atoms with van der Waals surface area (Å²) in [5.41, 5.74) is 11.0. The highest BCUT2D eigenvalue weighted by Crippen LogP contribution is 2.32. The lowest BCUT2D eigenvalue weighted by molar-refractivity contribution is 0.677. The molecule has 112 valence electrons. The smallest absolute Gasteiger partial charge is 0.0582 e. The van der Waals surface area contributed by atoms with E-state index in [-0.39, 0.29) is 6.04 Å². The van der Waals surface area contributed by atoms with Gasteiger partial charge in [-0.3, -0.25) is 0 Å². The fraction of sp³-hybridized carbons (Fsp3) is 0.400. The van der Waals surface area contributed by atoms with Gasteiger partial charge in [0.05, 0.1) is 6.04 Å². The standard InChI is InChI=1S/C20H27N/c1-12-8-9-18(15(4)10-12)20(21-7)19-16(5)13(2)11-14(3)17(19)6/h8-11,20-21H,1-7H3. The molecule has 1 unspecified atom stereocenters. The van der Waals surface area contributed by atoms with Crippen LogP contribution in [0.4, 0.5) is 0 Å². The zero-order chi connectivity index (χ0) is 15.7. The minimum atomic E-state index is 0.254. The Bertz CT molecular complexity index is 642. The van der Waals surface area contributed by atoms with Gasteiger partial charge in [0.2, 0.25) is 0 Å². The van der Waals surface area contributed by atoms with Gasteiger partial charge in [0.15, 0.2) is 0 Å². The zero-order valence-electron chi connectivity index (χ0n) is 14.4. The molecule has 0 aromatic heterocycles. The van der Waals surface area contributed by atoms with E-state index in [0.29, 0.717) is 0 Å². The molecule has 0 heterocycles. The van der Waals surface area contributed by atoms with Gasteiger partial charge >= 0.3 is 0 Å². The monoisotopic (exact) mass is 281 g/mol. The first-order valence-corrected chi connectivity index (χ1v) is 7.68. The summed E-state index contributed by atoms with van der Waals surface area (Å²) in [6.45, 7) is 13.3. The van der Waals surface area contributed by atoms with E-state index in [2.05, 4.69) is 78.2 Å². The molecule has 0 spiro atoms. The second-order valence-corrected chi connectivity index (χ2v) is 6.26. The normalized spacial score (nSPS) is 12.5. The first-order valence-electron chi connectivity index (χ1n) is 7.68. The second kappa shape index (κ2) is 6.03. The minimum absolute atomic E-state index is 0.254. The molecule has 0 saturated heterocycles. The molecule has 2 aromatic carbocycles. The van der Waals surface area contributed by atoms with Gasteiger partial charge in [-0.05, 0) is 87.5 Å². The van der Waals surface area contributed by atoms with Crippen LogP contribution in [0.5, 0.6) is 0 Å². The summed E-state index contributed by atoms with van der Waals surface area (Å²) in [6.07, 6.45) is 0. The topological polar surface area (TPSA) is 12.0 Å². The number of benzene rings is 2. The predicted octanol–water partition coefficient (Wildman–Crippen LogP) is 4.85. The molecular formula is C20H27N. The molecule has 0 saturated carbocycles. The fourth-order valence-corrected chi connectivity index (χ4v) is 3.29. The van der Waals surface area contributed by atoms with Crippen LogP contribution in [0.15, 0.2) is 24.3 Å². The SMILES string of the molecule is CNC(c1ccc(C)cc1C)c1c(C)c(C)cc(C)c1C. The van der Waals surface area contributed by atoms with Crippen LogP contribution in [0, 0.1) is 41.5 Å². The maximum absolute atomic E-state index is 3.53. The quantitative estimate of drug-likeness (QED) is 0.848. The van der Waals surface area contributed by atoms with Crippen molar-refractivity contribution in [3.05, 3.63) is 68.8 Å². The van der Waals surface area contributed by atoms with Crippen LogP contribution in [-0.4, -0.2) is 7.05 Å². The van der Waals surface area contributed by atoms with Crippen molar-refractivity contribution >= 4 is 0 Å². The summed E-state index contributed by atoms with van der Waals surface area (Å²) < 4.78 is 0. The molecule has 2 aromatic rings. The molecule has 0 aliphatic rings. The summed E-state index contributed by atoms with van der Waals surface area (Å²) in [5.74, 6) is 0. The predicted molar refractivity (Wildman–Crippen MR) is 92.2 cm³/mol. The van der Waals surface area contributed by atoms with Gasteiger partial charge in [0, 0.05) is 0 Å². The third kappa shape index (κ3) is 2.89. The van der Waals surface area contributed by atoms with Crippen molar-refractivity contribution in [3.63, 3.8) is 0 Å². The number of hydrogen-bond donors (Lipinski definition) is 1. The van der Waals surface area contributed by atoms with Crippen molar-refractivity contribution in [1.29, 1.82) is 0 Å². The minimum Gasteiger partial charge on any atom is -0.309 e. The maximum Gasteiger partial charge on any atom is 0.0582 e. The lowest BCUT2D eigenvalue weighted by Gasteiger charge is -2.26. The van der Waals surface area contributed by atoms with Crippen LogP contribution in [-0.2, 0) is 0 Å². The highest BCUT2D eigenvalue weighted by Gasteiger charge is 2.20. The molecule has 0 radical (unpaired) electrons. The van der Waals surface area contributed by atoms with Crippen LogP contribution in [0.2, 0.25) is 0 Å². The molecule has 0 bridgehead atoms. The van der Waals surface area contributed by atoms with Crippen molar-refractivity contribution in [3.8, 4) is 0 Å². The molecule has 0 amide bonds. The van der Waals surface area contributed by atoms with Gasteiger partial charge in [-0.25, -0.2) is 0 Å². The van der Waals surface area contributed by atoms with Gasteiger partial charge in [-0.1, -0.05) is 29.8 Å². The molecule has 1 nitrogen and oxygen atoms in total. The van der Waals surface area contributed by atoms with Crippen LogP contribution in [0.1, 0.15) is 50.5 Å². The molecule has 1 atom stereocenters. The number of hydrogen-bond acceptors (Lipinski definition) is 1. The first kappa shape index (κ1) is 15.8. The number of aryl methyl sites for hydroxylation is 4. The molecular weight excluding hydrogens is 254 g/mol. The van der Waals surface area contributed by atoms with E-state index in [9.17, 15) is 0 Å². The third-order valence-electron chi connectivity index (χ3n) is 4.74. The van der Waals surface area contributed by atoms with E-state index in [4.69, 9.17) is 0 Å². The second-order valence-electron chi connectivity index (χ2n) is 6.26. The Kier molecular flexibility index (Phi) is 4.53. The Morgan fingerprint density at radius 3 is 1.81 bits per heavy atom. The lowest BCUT2D eigenvalue weighted by atomic mass is 9.85. The molecule has 2 rings (SSSR count). The van der Waals surface area contributed by atoms with E-state index in [0.717, 1.165) is 0 Å². The average Bonchev–Trinajstić information content (AvgIpc) is 2.42. The average molecular weight is 281 g/mol. The first-order chi connectivity index (χ1) is 9.86. The van der Waals surface area contributed by atoms with Crippen molar-refractivity contribution in [2.24, 2.45) is 0 Å². The highest BCUT2D eigenvalue weighted by atomic mass is 14.9. The van der Waals surface area contributed by atoms with E-state index in [1.165, 1.54) is 44.5 Å². The van der Waals surface area contributed by atoms with Crippen molar-refractivity contribution in [1.82, 2.24) is 5.32 Å². The van der Waals surface area contributed by atoms with Gasteiger partial charge in [0.25, 0.3) is 0 Å². The Balaban J connectivity index is 2.67. The largest absolute Gasteiger partial charge is 0.309 e. The van der Waals surface area contributed by atoms with Gasteiger partial charge in [0.1, 0.15) is 0 Å². The Morgan fingerprint density at radius 1 is 0.762 bits per heavy atom. The summed E-state index contributed by atoms with van der Waals surface area (Å²) >= 11 is 0.